The molecule has 0 bridgehead atoms. The van der Waals surface area contributed by atoms with Crippen LogP contribution in [0.2, 0.25) is 10.0 Å². The maximum absolute atomic E-state index is 11.4. The molecule has 0 saturated heterocycles. The minimum absolute atomic E-state index is 0. The Morgan fingerprint density at radius 2 is 1.70 bits per heavy atom. The molecule has 0 unspecified atom stereocenters. The number of fused-ring (bicyclic) bond motifs is 2. The summed E-state index contributed by atoms with van der Waals surface area (Å²) in [6.07, 6.45) is 12.1. The molecule has 2 aromatic carbocycles. The van der Waals surface area contributed by atoms with Gasteiger partial charge in [-0.1, -0.05) is 53.2 Å². The van der Waals surface area contributed by atoms with E-state index in [2.05, 4.69) is 4.98 Å². The Labute approximate surface area is 329 Å². The summed E-state index contributed by atoms with van der Waals surface area (Å²) in [4.78, 5) is 7.98. The van der Waals surface area contributed by atoms with Gasteiger partial charge in [0.25, 0.3) is 10.1 Å². The molecule has 5 rings (SSSR count). The molecule has 0 amide bonds. The number of anilines is 1. The third-order valence-electron chi connectivity index (χ3n) is 6.92. The quantitative estimate of drug-likeness (QED) is 0.122. The summed E-state index contributed by atoms with van der Waals surface area (Å²) in [6, 6.07) is 14.9. The van der Waals surface area contributed by atoms with Gasteiger partial charge in [-0.05, 0) is 96.0 Å². The van der Waals surface area contributed by atoms with Gasteiger partial charge in [-0.2, -0.15) is 8.42 Å². The molecule has 46 heavy (non-hydrogen) atoms. The van der Waals surface area contributed by atoms with Crippen LogP contribution in [0.5, 0.6) is 0 Å². The molecule has 4 aromatic rings. The molecule has 8 nitrogen and oxygen atoms in total. The third-order valence-corrected chi connectivity index (χ3v) is 11.3. The molecule has 0 radical (unpaired) electrons. The van der Waals surface area contributed by atoms with E-state index in [1.165, 1.54) is 11.8 Å². The van der Waals surface area contributed by atoms with Gasteiger partial charge in [0.2, 0.25) is 0 Å². The number of aryl methyl sites for hydroxylation is 1. The second kappa shape index (κ2) is 16.6. The molecule has 15 heteroatoms. The molecule has 0 spiro atoms. The van der Waals surface area contributed by atoms with Gasteiger partial charge < -0.3 is 9.45 Å². The zero-order chi connectivity index (χ0) is 32.2. The van der Waals surface area contributed by atoms with Crippen LogP contribution in [0.3, 0.4) is 0 Å². The first kappa shape index (κ1) is 37.8. The van der Waals surface area contributed by atoms with Crippen LogP contribution in [0.4, 0.5) is 5.69 Å². The molecule has 0 atom stereocenters. The topological polar surface area (TPSA) is 128 Å². The number of halogens is 2. The van der Waals surface area contributed by atoms with Crippen molar-refractivity contribution in [3.05, 3.63) is 110 Å². The molecular weight excluding hydrogens is 735 g/mol. The van der Waals surface area contributed by atoms with Crippen LogP contribution in [-0.4, -0.2) is 49.0 Å². The number of benzene rings is 2. The van der Waals surface area contributed by atoms with E-state index < -0.39 is 26.0 Å². The second-order valence-corrected chi connectivity index (χ2v) is 16.3. The molecule has 0 saturated carbocycles. The number of thioether (sulfide) groups is 1. The molecule has 1 aliphatic heterocycles. The summed E-state index contributed by atoms with van der Waals surface area (Å²) in [5.41, 5.74) is 3.62. The maximum Gasteiger partial charge on any atom is 1.00 e. The minimum Gasteiger partial charge on any atom is -0.748 e. The number of thiophene rings is 1. The number of rotatable bonds is 12. The number of allylic oxidation sites excluding steroid dienone is 4. The van der Waals surface area contributed by atoms with Crippen molar-refractivity contribution in [3.8, 4) is 0 Å². The van der Waals surface area contributed by atoms with Gasteiger partial charge in [0.05, 0.1) is 26.6 Å². The van der Waals surface area contributed by atoms with Gasteiger partial charge >= 0.3 is 51.4 Å². The van der Waals surface area contributed by atoms with Crippen molar-refractivity contribution in [1.29, 1.82) is 0 Å². The first-order valence-corrected chi connectivity index (χ1v) is 19.3. The SMILES string of the molecule is O=S(=O)([O-])CCCN1\C(=C/C=C(/C=C/c2sc3cc(Cl)ccc3c2CCCS(=O)(=O)O)c2ccncc2)Sc2cc(Cl)ccc21.[K+]. The maximum atomic E-state index is 11.4. The Hall–Kier alpha value is -1.04. The van der Waals surface area contributed by atoms with Crippen molar-refractivity contribution in [2.75, 3.05) is 23.0 Å². The number of pyridine rings is 1. The van der Waals surface area contributed by atoms with Crippen LogP contribution >= 0.6 is 46.3 Å². The summed E-state index contributed by atoms with van der Waals surface area (Å²) in [5, 5.41) is 3.00. The fourth-order valence-electron chi connectivity index (χ4n) is 4.92. The van der Waals surface area contributed by atoms with E-state index in [0.29, 0.717) is 23.0 Å². The first-order chi connectivity index (χ1) is 21.4. The predicted octanol–water partition coefficient (Wildman–Crippen LogP) is 4.91. The molecule has 0 fully saturated rings. The fraction of sp³-hybridized carbons (Fsp3) is 0.194. The molecular formula is C31H27Cl2KN2O6S4. The zero-order valence-electron chi connectivity index (χ0n) is 24.6. The van der Waals surface area contributed by atoms with E-state index in [9.17, 15) is 25.9 Å². The summed E-state index contributed by atoms with van der Waals surface area (Å²) >= 11 is 15.5. The number of nitrogens with zero attached hydrogens (tertiary/aromatic N) is 2. The number of hydrogen-bond acceptors (Lipinski definition) is 9. The Kier molecular flexibility index (Phi) is 13.6. The van der Waals surface area contributed by atoms with E-state index in [-0.39, 0.29) is 70.0 Å². The second-order valence-electron chi connectivity index (χ2n) is 10.2. The van der Waals surface area contributed by atoms with Crippen molar-refractivity contribution in [2.45, 2.75) is 24.2 Å². The van der Waals surface area contributed by atoms with E-state index >= 15 is 0 Å². The largest absolute Gasteiger partial charge is 1.00 e. The molecule has 0 aliphatic carbocycles. The van der Waals surface area contributed by atoms with Crippen molar-refractivity contribution in [2.24, 2.45) is 0 Å². The van der Waals surface area contributed by atoms with Gasteiger partial charge in [-0.15, -0.1) is 11.3 Å². The van der Waals surface area contributed by atoms with Gasteiger partial charge in [0, 0.05) is 49.2 Å². The normalized spacial score (nSPS) is 14.7. The van der Waals surface area contributed by atoms with Crippen LogP contribution in [0.25, 0.3) is 21.7 Å². The van der Waals surface area contributed by atoms with E-state index in [1.54, 1.807) is 35.9 Å². The van der Waals surface area contributed by atoms with Gasteiger partial charge in [0.15, 0.2) is 0 Å². The van der Waals surface area contributed by atoms with Crippen molar-refractivity contribution < 1.29 is 77.3 Å². The van der Waals surface area contributed by atoms with Crippen LogP contribution in [0, 0.1) is 0 Å². The molecule has 1 aliphatic rings. The molecule has 1 N–H and O–H groups in total. The average molecular weight is 762 g/mol. The Morgan fingerprint density at radius 3 is 2.41 bits per heavy atom. The van der Waals surface area contributed by atoms with E-state index in [0.717, 1.165) is 47.3 Å². The Bertz CT molecular complexity index is 2030. The van der Waals surface area contributed by atoms with Gasteiger partial charge in [0.1, 0.15) is 0 Å². The summed E-state index contributed by atoms with van der Waals surface area (Å²) in [6.45, 7) is 0.334. The number of hydrogen-bond donors (Lipinski definition) is 1. The number of aromatic nitrogens is 1. The standard InChI is InChI=1S/C31H28Cl2N2O6S4.K/c32-23-6-8-26-25(3-1-17-44(36,37)38)28(42-29(26)19-23)10-4-21(22-12-14-34-15-13-22)5-11-31-35(16-2-18-45(39,40)41)27-9-7-24(33)20-30(27)43-31;/h4-15,19-20H,1-3,16-18H2,(H,36,37,38)(H,39,40,41);/q;+1/p-1/b10-4+,21-5-,31-11+;. The van der Waals surface area contributed by atoms with Crippen LogP contribution in [0.1, 0.15) is 28.8 Å². The summed E-state index contributed by atoms with van der Waals surface area (Å²) < 4.78 is 66.8. The predicted molar refractivity (Wildman–Crippen MR) is 185 cm³/mol. The molecule has 3 heterocycles. The van der Waals surface area contributed by atoms with E-state index in [4.69, 9.17) is 23.2 Å². The van der Waals surface area contributed by atoms with Crippen molar-refractivity contribution >= 4 is 94.0 Å². The van der Waals surface area contributed by atoms with E-state index in [1.807, 2.05) is 65.6 Å². The average Bonchev–Trinajstić information content (AvgIpc) is 3.48. The van der Waals surface area contributed by atoms with Gasteiger partial charge in [-0.25, -0.2) is 8.42 Å². The first-order valence-electron chi connectivity index (χ1n) is 13.7. The minimum atomic E-state index is -4.34. The van der Waals surface area contributed by atoms with Crippen molar-refractivity contribution in [3.63, 3.8) is 0 Å². The Morgan fingerprint density at radius 1 is 0.978 bits per heavy atom. The summed E-state index contributed by atoms with van der Waals surface area (Å²) in [7, 11) is -8.43. The van der Waals surface area contributed by atoms with Gasteiger partial charge in [-0.3, -0.25) is 9.54 Å². The van der Waals surface area contributed by atoms with Crippen LogP contribution in [0.15, 0.2) is 89.1 Å². The molecule has 2 aromatic heterocycles. The molecule has 236 valence electrons. The van der Waals surface area contributed by atoms with Crippen LogP contribution in [-0.2, 0) is 26.7 Å². The fourth-order valence-corrected chi connectivity index (χ4v) is 8.71. The zero-order valence-corrected chi connectivity index (χ0v) is 32.5. The van der Waals surface area contributed by atoms with Crippen molar-refractivity contribution in [1.82, 2.24) is 4.98 Å². The summed E-state index contributed by atoms with van der Waals surface area (Å²) in [5.74, 6) is -0.794. The van der Waals surface area contributed by atoms with Crippen LogP contribution < -0.4 is 56.3 Å². The third kappa shape index (κ3) is 10.5. The smallest absolute Gasteiger partial charge is 0.748 e. The monoisotopic (exact) mass is 760 g/mol. The Balaban J connectivity index is 0.00000480.